The van der Waals surface area contributed by atoms with Crippen LogP contribution in [0.5, 0.6) is 5.75 Å². The van der Waals surface area contributed by atoms with Crippen LogP contribution in [0.15, 0.2) is 0 Å². The molecule has 0 aliphatic carbocycles. The Morgan fingerprint density at radius 1 is 0.522 bits per heavy atom. The van der Waals surface area contributed by atoms with Crippen molar-refractivity contribution in [1.29, 1.82) is 0 Å². The largest absolute Gasteiger partial charge is 0.507 e. The molecular formula is C39H68O5S2. The van der Waals surface area contributed by atoms with Crippen LogP contribution >= 0.6 is 23.5 Å². The van der Waals surface area contributed by atoms with Gasteiger partial charge in [-0.1, -0.05) is 90.9 Å². The van der Waals surface area contributed by atoms with Gasteiger partial charge in [-0.3, -0.25) is 9.59 Å². The molecule has 1 rings (SSSR count). The molecule has 0 heterocycles. The topological polar surface area (TPSA) is 72.8 Å². The summed E-state index contributed by atoms with van der Waals surface area (Å²) in [6.45, 7) is 11.7. The zero-order chi connectivity index (χ0) is 33.8. The molecule has 5 nitrogen and oxygen atoms in total. The number of esters is 2. The highest BCUT2D eigenvalue weighted by molar-refractivity contribution is 7.98. The maximum atomic E-state index is 12.0. The molecule has 0 saturated heterocycles. The predicted octanol–water partition coefficient (Wildman–Crippen LogP) is 11.7. The van der Waals surface area contributed by atoms with Crippen LogP contribution in [0.2, 0.25) is 0 Å². The Morgan fingerprint density at radius 3 is 1.28 bits per heavy atom. The van der Waals surface area contributed by atoms with Gasteiger partial charge in [0.15, 0.2) is 0 Å². The first kappa shape index (κ1) is 42.7. The Morgan fingerprint density at radius 2 is 0.891 bits per heavy atom. The van der Waals surface area contributed by atoms with Gasteiger partial charge in [-0.2, -0.15) is 23.5 Å². The molecule has 1 N–H and O–H groups in total. The maximum absolute atomic E-state index is 12.0. The fraction of sp³-hybridized carbons (Fsp3) is 0.795. The van der Waals surface area contributed by atoms with Gasteiger partial charge in [-0.05, 0) is 98.6 Å². The van der Waals surface area contributed by atoms with Crippen molar-refractivity contribution in [3.05, 3.63) is 27.8 Å². The molecule has 46 heavy (non-hydrogen) atoms. The summed E-state index contributed by atoms with van der Waals surface area (Å²) in [6.07, 6.45) is 21.9. The Labute approximate surface area is 291 Å². The normalized spacial score (nSPS) is 11.2. The number of phenols is 1. The maximum Gasteiger partial charge on any atom is 0.305 e. The van der Waals surface area contributed by atoms with Gasteiger partial charge in [0.2, 0.25) is 0 Å². The van der Waals surface area contributed by atoms with E-state index in [1.54, 1.807) is 0 Å². The van der Waals surface area contributed by atoms with E-state index < -0.39 is 0 Å². The number of thioether (sulfide) groups is 2. The van der Waals surface area contributed by atoms with Gasteiger partial charge in [-0.15, -0.1) is 0 Å². The average molecular weight is 681 g/mol. The molecule has 0 radical (unpaired) electrons. The van der Waals surface area contributed by atoms with Gasteiger partial charge in [0.1, 0.15) is 5.75 Å². The molecule has 0 aliphatic heterocycles. The van der Waals surface area contributed by atoms with E-state index in [9.17, 15) is 14.7 Å². The number of hydrogen-bond donors (Lipinski definition) is 1. The lowest BCUT2D eigenvalue weighted by atomic mass is 9.94. The zero-order valence-electron chi connectivity index (χ0n) is 30.3. The Bertz CT molecular complexity index is 878. The fourth-order valence-corrected chi connectivity index (χ4v) is 8.05. The van der Waals surface area contributed by atoms with E-state index in [1.807, 2.05) is 37.4 Å². The average Bonchev–Trinajstić information content (AvgIpc) is 3.04. The smallest absolute Gasteiger partial charge is 0.305 e. The van der Waals surface area contributed by atoms with Crippen molar-refractivity contribution < 1.29 is 24.2 Å². The molecule has 0 aliphatic rings. The Balaban J connectivity index is 2.23. The SMILES string of the molecule is CCCCCCCCCC(=O)OCCCCSCc1c(C)c(O)c(C)c(CSCCCCOC(=O)CCCCCCCCC)c1C. The summed E-state index contributed by atoms with van der Waals surface area (Å²) in [4.78, 5) is 24.0. The highest BCUT2D eigenvalue weighted by Gasteiger charge is 2.17. The van der Waals surface area contributed by atoms with E-state index in [1.165, 1.54) is 80.9 Å². The first-order chi connectivity index (χ1) is 22.3. The van der Waals surface area contributed by atoms with Crippen molar-refractivity contribution in [2.45, 2.75) is 175 Å². The molecular weight excluding hydrogens is 613 g/mol. The third-order valence-electron chi connectivity index (χ3n) is 8.87. The molecule has 0 atom stereocenters. The van der Waals surface area contributed by atoms with Gasteiger partial charge < -0.3 is 14.6 Å². The Kier molecular flexibility index (Phi) is 26.6. The minimum Gasteiger partial charge on any atom is -0.507 e. The van der Waals surface area contributed by atoms with Crippen molar-refractivity contribution in [2.24, 2.45) is 0 Å². The fourth-order valence-electron chi connectivity index (χ4n) is 5.67. The highest BCUT2D eigenvalue weighted by atomic mass is 32.2. The molecule has 7 heteroatoms. The summed E-state index contributed by atoms with van der Waals surface area (Å²) in [5.41, 5.74) is 5.78. The van der Waals surface area contributed by atoms with E-state index in [-0.39, 0.29) is 11.9 Å². The van der Waals surface area contributed by atoms with Gasteiger partial charge in [-0.25, -0.2) is 0 Å². The van der Waals surface area contributed by atoms with Crippen molar-refractivity contribution in [3.63, 3.8) is 0 Å². The summed E-state index contributed by atoms with van der Waals surface area (Å²) in [5, 5.41) is 10.9. The van der Waals surface area contributed by atoms with E-state index >= 15 is 0 Å². The van der Waals surface area contributed by atoms with Crippen LogP contribution in [0.1, 0.15) is 170 Å². The quantitative estimate of drug-likeness (QED) is 0.0640. The van der Waals surface area contributed by atoms with E-state index in [0.717, 1.165) is 85.5 Å². The molecule has 0 aromatic heterocycles. The number of rotatable bonds is 30. The standard InChI is InChI=1S/C39H68O5S2/c1-6-8-10-12-14-16-18-24-37(40)43-26-20-22-28-45-30-35-32(3)36(34(5)39(42)33(35)4)31-46-29-23-21-27-44-38(41)25-19-17-15-13-11-9-7-2/h42H,6-31H2,1-5H3. The van der Waals surface area contributed by atoms with Crippen molar-refractivity contribution >= 4 is 35.5 Å². The van der Waals surface area contributed by atoms with Crippen LogP contribution < -0.4 is 0 Å². The number of hydrogen-bond acceptors (Lipinski definition) is 7. The van der Waals surface area contributed by atoms with E-state index in [2.05, 4.69) is 20.8 Å². The third-order valence-corrected chi connectivity index (χ3v) is 11.0. The van der Waals surface area contributed by atoms with Gasteiger partial charge in [0.05, 0.1) is 13.2 Å². The van der Waals surface area contributed by atoms with Crippen molar-refractivity contribution in [1.82, 2.24) is 0 Å². The number of ether oxygens (including phenoxy) is 2. The van der Waals surface area contributed by atoms with Crippen LogP contribution in [0.4, 0.5) is 0 Å². The molecule has 0 fully saturated rings. The number of unbranched alkanes of at least 4 members (excludes halogenated alkanes) is 14. The summed E-state index contributed by atoms with van der Waals surface area (Å²) in [5.74, 6) is 4.11. The van der Waals surface area contributed by atoms with Crippen molar-refractivity contribution in [3.8, 4) is 5.75 Å². The molecule has 0 unspecified atom stereocenters. The molecule has 0 amide bonds. The second kappa shape index (κ2) is 28.7. The number of carbonyl (C=O) groups is 2. The van der Waals surface area contributed by atoms with Crippen LogP contribution in [0.3, 0.4) is 0 Å². The summed E-state index contributed by atoms with van der Waals surface area (Å²) in [7, 11) is 0. The highest BCUT2D eigenvalue weighted by Crippen LogP contribution is 2.36. The van der Waals surface area contributed by atoms with Gasteiger partial charge in [0.25, 0.3) is 0 Å². The monoisotopic (exact) mass is 680 g/mol. The lowest BCUT2D eigenvalue weighted by Crippen LogP contribution is -2.06. The zero-order valence-corrected chi connectivity index (χ0v) is 31.9. The van der Waals surface area contributed by atoms with Crippen molar-refractivity contribution in [2.75, 3.05) is 24.7 Å². The molecule has 1 aromatic carbocycles. The minimum absolute atomic E-state index is 0.0505. The number of phenolic OH excluding ortho intramolecular Hbond substituents is 1. The lowest BCUT2D eigenvalue weighted by molar-refractivity contribution is -0.144. The molecule has 0 bridgehead atoms. The molecule has 266 valence electrons. The lowest BCUT2D eigenvalue weighted by Gasteiger charge is -2.19. The Hall–Kier alpha value is -1.34. The van der Waals surface area contributed by atoms with E-state index in [0.29, 0.717) is 31.8 Å². The van der Waals surface area contributed by atoms with Gasteiger partial charge >= 0.3 is 11.9 Å². The van der Waals surface area contributed by atoms with Crippen LogP contribution in [-0.4, -0.2) is 41.8 Å². The van der Waals surface area contributed by atoms with Crippen LogP contribution in [0.25, 0.3) is 0 Å². The number of aromatic hydroxyl groups is 1. The van der Waals surface area contributed by atoms with Crippen LogP contribution in [-0.2, 0) is 30.6 Å². The summed E-state index contributed by atoms with van der Waals surface area (Å²) < 4.78 is 10.9. The predicted molar refractivity (Wildman–Crippen MR) is 200 cm³/mol. The molecule has 0 saturated carbocycles. The third kappa shape index (κ3) is 20.1. The number of benzene rings is 1. The van der Waals surface area contributed by atoms with E-state index in [4.69, 9.17) is 9.47 Å². The first-order valence-corrected chi connectivity index (χ1v) is 20.9. The first-order valence-electron chi connectivity index (χ1n) is 18.6. The summed E-state index contributed by atoms with van der Waals surface area (Å²) >= 11 is 3.78. The number of carbonyl (C=O) groups excluding carboxylic acids is 2. The molecule has 1 aromatic rings. The molecule has 0 spiro atoms. The summed E-state index contributed by atoms with van der Waals surface area (Å²) in [6, 6.07) is 0. The van der Waals surface area contributed by atoms with Crippen LogP contribution in [0, 0.1) is 20.8 Å². The second-order valence-electron chi connectivity index (χ2n) is 12.9. The van der Waals surface area contributed by atoms with Gasteiger partial charge in [0, 0.05) is 24.3 Å². The second-order valence-corrected chi connectivity index (χ2v) is 15.1. The minimum atomic E-state index is -0.0505.